The standard InChI is InChI=1S/C12H16O/c1-2-12(13)11-8-10(11)9-6-4-3-5-7-9/h3-7,10-13H,2,8H2,1H3/t10?,11-,12?/m0/s1. The van der Waals surface area contributed by atoms with E-state index in [0.717, 1.165) is 6.42 Å². The number of hydrogen-bond acceptors (Lipinski definition) is 1. The summed E-state index contributed by atoms with van der Waals surface area (Å²) in [5, 5.41) is 9.63. The Morgan fingerprint density at radius 1 is 1.38 bits per heavy atom. The largest absolute Gasteiger partial charge is 0.393 e. The van der Waals surface area contributed by atoms with Crippen LogP contribution in [0.3, 0.4) is 0 Å². The Labute approximate surface area is 79.4 Å². The fourth-order valence-electron chi connectivity index (χ4n) is 2.03. The maximum Gasteiger partial charge on any atom is 0.0571 e. The zero-order valence-corrected chi connectivity index (χ0v) is 7.98. The molecule has 0 aliphatic heterocycles. The predicted octanol–water partition coefficient (Wildman–Crippen LogP) is 2.56. The fraction of sp³-hybridized carbons (Fsp3) is 0.500. The van der Waals surface area contributed by atoms with Crippen LogP contribution < -0.4 is 0 Å². The molecule has 1 heteroatoms. The summed E-state index contributed by atoms with van der Waals surface area (Å²) in [6.07, 6.45) is 1.96. The van der Waals surface area contributed by atoms with Crippen molar-refractivity contribution in [1.29, 1.82) is 0 Å². The van der Waals surface area contributed by atoms with E-state index in [-0.39, 0.29) is 6.10 Å². The molecule has 0 spiro atoms. The van der Waals surface area contributed by atoms with Gasteiger partial charge in [-0.1, -0.05) is 37.3 Å². The summed E-state index contributed by atoms with van der Waals surface area (Å²) in [5.41, 5.74) is 1.39. The van der Waals surface area contributed by atoms with Crippen LogP contribution in [0.5, 0.6) is 0 Å². The third-order valence-corrected chi connectivity index (χ3v) is 2.98. The van der Waals surface area contributed by atoms with Crippen molar-refractivity contribution >= 4 is 0 Å². The van der Waals surface area contributed by atoms with Crippen molar-refractivity contribution in [3.63, 3.8) is 0 Å². The van der Waals surface area contributed by atoms with Gasteiger partial charge in [-0.15, -0.1) is 0 Å². The van der Waals surface area contributed by atoms with Gasteiger partial charge < -0.3 is 5.11 Å². The van der Waals surface area contributed by atoms with E-state index in [1.807, 2.05) is 13.0 Å². The molecule has 1 fully saturated rings. The highest BCUT2D eigenvalue weighted by Gasteiger charge is 2.42. The second-order valence-corrected chi connectivity index (χ2v) is 3.89. The maximum atomic E-state index is 9.63. The molecular weight excluding hydrogens is 160 g/mol. The summed E-state index contributed by atoms with van der Waals surface area (Å²) in [6, 6.07) is 10.5. The highest BCUT2D eigenvalue weighted by Crippen LogP contribution is 2.49. The minimum absolute atomic E-state index is 0.0924. The van der Waals surface area contributed by atoms with Gasteiger partial charge in [0.15, 0.2) is 0 Å². The minimum atomic E-state index is -0.0924. The number of hydrogen-bond donors (Lipinski definition) is 1. The zero-order chi connectivity index (χ0) is 9.26. The molecule has 2 unspecified atom stereocenters. The number of rotatable bonds is 3. The lowest BCUT2D eigenvalue weighted by Gasteiger charge is -2.06. The van der Waals surface area contributed by atoms with Gasteiger partial charge in [0.05, 0.1) is 6.10 Å². The van der Waals surface area contributed by atoms with E-state index in [9.17, 15) is 5.11 Å². The Balaban J connectivity index is 2.00. The van der Waals surface area contributed by atoms with Gasteiger partial charge in [-0.25, -0.2) is 0 Å². The van der Waals surface area contributed by atoms with Gasteiger partial charge in [0.25, 0.3) is 0 Å². The van der Waals surface area contributed by atoms with E-state index in [1.165, 1.54) is 12.0 Å². The third kappa shape index (κ3) is 1.75. The molecule has 1 aromatic rings. The van der Waals surface area contributed by atoms with E-state index >= 15 is 0 Å². The molecule has 1 nitrogen and oxygen atoms in total. The summed E-state index contributed by atoms with van der Waals surface area (Å²) in [4.78, 5) is 0. The van der Waals surface area contributed by atoms with E-state index in [2.05, 4.69) is 24.3 Å². The molecule has 3 atom stereocenters. The van der Waals surface area contributed by atoms with Crippen LogP contribution >= 0.6 is 0 Å². The van der Waals surface area contributed by atoms with Crippen molar-refractivity contribution in [2.75, 3.05) is 0 Å². The molecule has 0 radical (unpaired) electrons. The lowest BCUT2D eigenvalue weighted by molar-refractivity contribution is 0.145. The van der Waals surface area contributed by atoms with Crippen LogP contribution in [-0.4, -0.2) is 11.2 Å². The average Bonchev–Trinajstić information content (AvgIpc) is 2.98. The van der Waals surface area contributed by atoms with Crippen LogP contribution in [0.25, 0.3) is 0 Å². The van der Waals surface area contributed by atoms with Gasteiger partial charge in [0.2, 0.25) is 0 Å². The molecule has 0 saturated heterocycles. The van der Waals surface area contributed by atoms with Crippen LogP contribution in [0.1, 0.15) is 31.2 Å². The summed E-state index contributed by atoms with van der Waals surface area (Å²) in [6.45, 7) is 2.05. The molecular formula is C12H16O. The highest BCUT2D eigenvalue weighted by molar-refractivity contribution is 5.26. The number of benzene rings is 1. The summed E-state index contributed by atoms with van der Waals surface area (Å²) in [7, 11) is 0. The molecule has 13 heavy (non-hydrogen) atoms. The van der Waals surface area contributed by atoms with Crippen LogP contribution in [0.2, 0.25) is 0 Å². The first-order valence-corrected chi connectivity index (χ1v) is 5.06. The first-order valence-electron chi connectivity index (χ1n) is 5.06. The van der Waals surface area contributed by atoms with E-state index in [0.29, 0.717) is 11.8 Å². The first kappa shape index (κ1) is 8.76. The van der Waals surface area contributed by atoms with Gasteiger partial charge in [-0.2, -0.15) is 0 Å². The van der Waals surface area contributed by atoms with Crippen LogP contribution in [0.4, 0.5) is 0 Å². The van der Waals surface area contributed by atoms with Crippen molar-refractivity contribution < 1.29 is 5.11 Å². The van der Waals surface area contributed by atoms with Crippen molar-refractivity contribution in [3.05, 3.63) is 35.9 Å². The molecule has 0 bridgehead atoms. The molecule has 2 rings (SSSR count). The quantitative estimate of drug-likeness (QED) is 0.750. The molecule has 0 amide bonds. The highest BCUT2D eigenvalue weighted by atomic mass is 16.3. The van der Waals surface area contributed by atoms with Gasteiger partial charge >= 0.3 is 0 Å². The van der Waals surface area contributed by atoms with Crippen molar-refractivity contribution in [3.8, 4) is 0 Å². The smallest absolute Gasteiger partial charge is 0.0571 e. The van der Waals surface area contributed by atoms with Gasteiger partial charge in [0, 0.05) is 0 Å². The summed E-state index contributed by atoms with van der Waals surface area (Å²) in [5.74, 6) is 1.14. The molecule has 1 aliphatic carbocycles. The van der Waals surface area contributed by atoms with Crippen molar-refractivity contribution in [2.24, 2.45) is 5.92 Å². The van der Waals surface area contributed by atoms with E-state index in [1.54, 1.807) is 0 Å². The molecule has 1 aliphatic rings. The summed E-state index contributed by atoms with van der Waals surface area (Å²) < 4.78 is 0. The maximum absolute atomic E-state index is 9.63. The van der Waals surface area contributed by atoms with Crippen LogP contribution in [-0.2, 0) is 0 Å². The van der Waals surface area contributed by atoms with Crippen molar-refractivity contribution in [2.45, 2.75) is 31.8 Å². The Bertz CT molecular complexity index is 268. The second kappa shape index (κ2) is 3.51. The monoisotopic (exact) mass is 176 g/mol. The number of aliphatic hydroxyl groups excluding tert-OH is 1. The fourth-order valence-corrected chi connectivity index (χ4v) is 2.03. The second-order valence-electron chi connectivity index (χ2n) is 3.89. The Morgan fingerprint density at radius 2 is 2.08 bits per heavy atom. The lowest BCUT2D eigenvalue weighted by Crippen LogP contribution is -2.07. The predicted molar refractivity (Wildman–Crippen MR) is 53.6 cm³/mol. The van der Waals surface area contributed by atoms with Crippen LogP contribution in [0, 0.1) is 5.92 Å². The minimum Gasteiger partial charge on any atom is -0.393 e. The average molecular weight is 176 g/mol. The third-order valence-electron chi connectivity index (χ3n) is 2.98. The molecule has 0 aromatic heterocycles. The molecule has 1 N–H and O–H groups in total. The Morgan fingerprint density at radius 3 is 2.69 bits per heavy atom. The molecule has 1 saturated carbocycles. The Hall–Kier alpha value is -0.820. The molecule has 1 aromatic carbocycles. The van der Waals surface area contributed by atoms with Crippen LogP contribution in [0.15, 0.2) is 30.3 Å². The normalized spacial score (nSPS) is 28.5. The first-order chi connectivity index (χ1) is 6.33. The van der Waals surface area contributed by atoms with Gasteiger partial charge in [-0.3, -0.25) is 0 Å². The molecule has 0 heterocycles. The number of aliphatic hydroxyl groups is 1. The zero-order valence-electron chi connectivity index (χ0n) is 7.98. The lowest BCUT2D eigenvalue weighted by atomic mass is 10.1. The topological polar surface area (TPSA) is 20.2 Å². The van der Waals surface area contributed by atoms with Gasteiger partial charge in [-0.05, 0) is 30.2 Å². The SMILES string of the molecule is CCC(O)[C@H]1CC1c1ccccc1. The summed E-state index contributed by atoms with van der Waals surface area (Å²) >= 11 is 0. The Kier molecular flexibility index (Phi) is 2.36. The van der Waals surface area contributed by atoms with Crippen molar-refractivity contribution in [1.82, 2.24) is 0 Å². The van der Waals surface area contributed by atoms with Gasteiger partial charge in [0.1, 0.15) is 0 Å². The van der Waals surface area contributed by atoms with E-state index < -0.39 is 0 Å². The van der Waals surface area contributed by atoms with E-state index in [4.69, 9.17) is 0 Å². The molecule has 70 valence electrons.